The maximum absolute atomic E-state index is 12.5. The Morgan fingerprint density at radius 2 is 1.88 bits per heavy atom. The third kappa shape index (κ3) is 3.94. The van der Waals surface area contributed by atoms with E-state index in [-0.39, 0.29) is 11.7 Å². The van der Waals surface area contributed by atoms with E-state index in [2.05, 4.69) is 31.0 Å². The van der Waals surface area contributed by atoms with Gasteiger partial charge in [0.25, 0.3) is 5.91 Å². The Morgan fingerprint density at radius 1 is 1.16 bits per heavy atom. The second-order valence-electron chi connectivity index (χ2n) is 6.21. The largest absolute Gasteiger partial charge is 0.508 e. The Morgan fingerprint density at radius 3 is 2.52 bits per heavy atom. The number of aliphatic imine (C=N–C) groups is 1. The number of benzene rings is 2. The summed E-state index contributed by atoms with van der Waals surface area (Å²) in [5, 5.41) is 10.1. The van der Waals surface area contributed by atoms with E-state index < -0.39 is 0 Å². The topological polar surface area (TPSA) is 52.9 Å². The van der Waals surface area contributed by atoms with Crippen molar-refractivity contribution in [3.8, 4) is 5.75 Å². The molecule has 1 fully saturated rings. The number of rotatable bonds is 3. The van der Waals surface area contributed by atoms with Crippen molar-refractivity contribution in [1.29, 1.82) is 0 Å². The molecule has 2 aromatic rings. The maximum Gasteiger partial charge on any atom is 0.266 e. The minimum Gasteiger partial charge on any atom is -0.508 e. The summed E-state index contributed by atoms with van der Waals surface area (Å²) in [5.74, 6) is 0.563. The van der Waals surface area contributed by atoms with E-state index in [9.17, 15) is 9.90 Å². The lowest BCUT2D eigenvalue weighted by atomic mass is 10.0. The highest BCUT2D eigenvalue weighted by molar-refractivity contribution is 8.18. The molecule has 0 spiro atoms. The van der Waals surface area contributed by atoms with Gasteiger partial charge in [0.05, 0.1) is 10.6 Å². The molecule has 1 amide bonds. The Kier molecular flexibility index (Phi) is 4.95. The molecule has 0 atom stereocenters. The van der Waals surface area contributed by atoms with Crippen molar-refractivity contribution in [2.75, 3.05) is 7.05 Å². The van der Waals surface area contributed by atoms with Gasteiger partial charge in [0, 0.05) is 13.1 Å². The number of nitrogens with zero attached hydrogens (tertiary/aromatic N) is 2. The molecule has 1 N–H and O–H groups in total. The van der Waals surface area contributed by atoms with Gasteiger partial charge in [0.2, 0.25) is 0 Å². The Labute approximate surface area is 151 Å². The standard InChI is InChI=1S/C20H20N2O2S/c1-13(2)15-9-7-14(8-10-15)11-18-19(24)22(3)20(25-18)21-16-5-4-6-17(23)12-16/h4-13,23H,1-3H3/b18-11-,21-20?. The summed E-state index contributed by atoms with van der Waals surface area (Å²) in [5.41, 5.74) is 2.88. The van der Waals surface area contributed by atoms with E-state index in [0.717, 1.165) is 5.56 Å². The van der Waals surface area contributed by atoms with Gasteiger partial charge < -0.3 is 5.11 Å². The fraction of sp³-hybridized carbons (Fsp3) is 0.200. The quantitative estimate of drug-likeness (QED) is 0.811. The summed E-state index contributed by atoms with van der Waals surface area (Å²) in [6, 6.07) is 14.9. The predicted octanol–water partition coefficient (Wildman–Crippen LogP) is 4.75. The molecule has 1 aliphatic heterocycles. The highest BCUT2D eigenvalue weighted by atomic mass is 32.2. The molecule has 1 aliphatic rings. The zero-order valence-corrected chi connectivity index (χ0v) is 15.2. The number of amidine groups is 1. The Bertz CT molecular complexity index is 854. The lowest BCUT2D eigenvalue weighted by Gasteiger charge is -2.07. The number of likely N-dealkylation sites (N-methyl/N-ethyl adjacent to an activating group) is 1. The van der Waals surface area contributed by atoms with Crippen molar-refractivity contribution in [1.82, 2.24) is 4.90 Å². The number of hydrogen-bond donors (Lipinski definition) is 1. The number of thioether (sulfide) groups is 1. The second kappa shape index (κ2) is 7.15. The maximum atomic E-state index is 12.5. The third-order valence-corrected chi connectivity index (χ3v) is 5.02. The smallest absolute Gasteiger partial charge is 0.266 e. The van der Waals surface area contributed by atoms with Gasteiger partial charge in [-0.25, -0.2) is 4.99 Å². The van der Waals surface area contributed by atoms with Crippen LogP contribution in [0.2, 0.25) is 0 Å². The van der Waals surface area contributed by atoms with Crippen molar-refractivity contribution in [3.05, 3.63) is 64.6 Å². The molecule has 0 unspecified atom stereocenters. The molecule has 1 heterocycles. The molecule has 25 heavy (non-hydrogen) atoms. The van der Waals surface area contributed by atoms with Gasteiger partial charge in [-0.15, -0.1) is 0 Å². The minimum absolute atomic E-state index is 0.0724. The number of carbonyl (C=O) groups is 1. The summed E-state index contributed by atoms with van der Waals surface area (Å²) < 4.78 is 0. The van der Waals surface area contributed by atoms with Crippen molar-refractivity contribution in [2.24, 2.45) is 4.99 Å². The van der Waals surface area contributed by atoms with E-state index in [4.69, 9.17) is 0 Å². The van der Waals surface area contributed by atoms with Crippen molar-refractivity contribution < 1.29 is 9.90 Å². The molecular weight excluding hydrogens is 332 g/mol. The zero-order chi connectivity index (χ0) is 18.0. The normalized spacial score (nSPS) is 17.9. The Balaban J connectivity index is 1.85. The molecule has 128 valence electrons. The lowest BCUT2D eigenvalue weighted by molar-refractivity contribution is -0.121. The minimum atomic E-state index is -0.0724. The SMILES string of the molecule is CC(C)c1ccc(/C=C2\SC(=Nc3cccc(O)c3)N(C)C2=O)cc1. The highest BCUT2D eigenvalue weighted by Crippen LogP contribution is 2.33. The summed E-state index contributed by atoms with van der Waals surface area (Å²) in [6.45, 7) is 4.31. The van der Waals surface area contributed by atoms with Gasteiger partial charge in [-0.05, 0) is 47.0 Å². The van der Waals surface area contributed by atoms with E-state index in [1.165, 1.54) is 22.2 Å². The molecule has 1 saturated heterocycles. The predicted molar refractivity (Wildman–Crippen MR) is 104 cm³/mol. The average molecular weight is 352 g/mol. The summed E-state index contributed by atoms with van der Waals surface area (Å²) >= 11 is 1.34. The van der Waals surface area contributed by atoms with Crippen molar-refractivity contribution in [3.63, 3.8) is 0 Å². The van der Waals surface area contributed by atoms with Gasteiger partial charge in [-0.3, -0.25) is 9.69 Å². The van der Waals surface area contributed by atoms with Crippen LogP contribution >= 0.6 is 11.8 Å². The van der Waals surface area contributed by atoms with Crippen LogP contribution in [0.25, 0.3) is 6.08 Å². The van der Waals surface area contributed by atoms with Crippen LogP contribution in [0.15, 0.2) is 58.4 Å². The van der Waals surface area contributed by atoms with Crippen molar-refractivity contribution in [2.45, 2.75) is 19.8 Å². The van der Waals surface area contributed by atoms with E-state index >= 15 is 0 Å². The van der Waals surface area contributed by atoms with Crippen LogP contribution < -0.4 is 0 Å². The van der Waals surface area contributed by atoms with Crippen LogP contribution in [0.5, 0.6) is 5.75 Å². The first-order valence-corrected chi connectivity index (χ1v) is 8.91. The van der Waals surface area contributed by atoms with Gasteiger partial charge in [0.1, 0.15) is 5.75 Å². The van der Waals surface area contributed by atoms with E-state index in [1.807, 2.05) is 18.2 Å². The van der Waals surface area contributed by atoms with Gasteiger partial charge in [-0.2, -0.15) is 0 Å². The van der Waals surface area contributed by atoms with Crippen LogP contribution in [-0.4, -0.2) is 28.1 Å². The monoisotopic (exact) mass is 352 g/mol. The number of aromatic hydroxyl groups is 1. The molecule has 0 bridgehead atoms. The first-order chi connectivity index (χ1) is 11.9. The lowest BCUT2D eigenvalue weighted by Crippen LogP contribution is -2.23. The van der Waals surface area contributed by atoms with Crippen LogP contribution in [0, 0.1) is 0 Å². The molecule has 2 aromatic carbocycles. The third-order valence-electron chi connectivity index (χ3n) is 3.96. The van der Waals surface area contributed by atoms with Crippen LogP contribution in [0.4, 0.5) is 5.69 Å². The van der Waals surface area contributed by atoms with Gasteiger partial charge in [-0.1, -0.05) is 44.2 Å². The molecule has 3 rings (SSSR count). The second-order valence-corrected chi connectivity index (χ2v) is 7.22. The summed E-state index contributed by atoms with van der Waals surface area (Å²) in [6.07, 6.45) is 1.89. The van der Waals surface area contributed by atoms with E-state index in [1.54, 1.807) is 31.3 Å². The highest BCUT2D eigenvalue weighted by Gasteiger charge is 2.30. The summed E-state index contributed by atoms with van der Waals surface area (Å²) in [7, 11) is 1.71. The number of hydrogen-bond acceptors (Lipinski definition) is 4. The first-order valence-electron chi connectivity index (χ1n) is 8.09. The molecule has 5 heteroatoms. The van der Waals surface area contributed by atoms with Crippen molar-refractivity contribution >= 4 is 34.6 Å². The Hall–Kier alpha value is -2.53. The van der Waals surface area contributed by atoms with Crippen LogP contribution in [0.1, 0.15) is 30.9 Å². The van der Waals surface area contributed by atoms with Crippen LogP contribution in [-0.2, 0) is 4.79 Å². The molecule has 0 aliphatic carbocycles. The molecular formula is C20H20N2O2S. The number of amides is 1. The van der Waals surface area contributed by atoms with Gasteiger partial charge >= 0.3 is 0 Å². The summed E-state index contributed by atoms with van der Waals surface area (Å²) in [4.78, 5) is 19.1. The van der Waals surface area contributed by atoms with Gasteiger partial charge in [0.15, 0.2) is 5.17 Å². The molecule has 4 nitrogen and oxygen atoms in total. The van der Waals surface area contributed by atoms with E-state index in [0.29, 0.717) is 21.7 Å². The molecule has 0 aromatic heterocycles. The number of phenolic OH excluding ortho intramolecular Hbond substituents is 1. The first kappa shape index (κ1) is 17.3. The molecule has 0 saturated carbocycles. The number of phenols is 1. The average Bonchev–Trinajstić information content (AvgIpc) is 2.83. The fourth-order valence-corrected chi connectivity index (χ4v) is 3.44. The fourth-order valence-electron chi connectivity index (χ4n) is 2.45. The molecule has 0 radical (unpaired) electrons. The van der Waals surface area contributed by atoms with Crippen LogP contribution in [0.3, 0.4) is 0 Å². The number of carbonyl (C=O) groups excluding carboxylic acids is 1. The zero-order valence-electron chi connectivity index (χ0n) is 14.4.